The molecular weight excluding hydrogens is 374 g/mol. The Morgan fingerprint density at radius 2 is 1.93 bits per heavy atom. The number of carbonyl (C=O) groups excluding carboxylic acids is 1. The number of rotatable bonds is 4. The Morgan fingerprint density at radius 1 is 1.22 bits per heavy atom. The molecule has 0 aliphatic carbocycles. The van der Waals surface area contributed by atoms with Crippen LogP contribution in [0.2, 0.25) is 0 Å². The highest BCUT2D eigenvalue weighted by Crippen LogP contribution is 2.34. The van der Waals surface area contributed by atoms with Gasteiger partial charge in [-0.2, -0.15) is 4.31 Å². The van der Waals surface area contributed by atoms with E-state index in [0.29, 0.717) is 12.1 Å². The van der Waals surface area contributed by atoms with E-state index in [0.717, 1.165) is 22.0 Å². The van der Waals surface area contributed by atoms with Crippen LogP contribution in [0.4, 0.5) is 14.5 Å². The summed E-state index contributed by atoms with van der Waals surface area (Å²) in [6.07, 6.45) is 0.564. The maximum atomic E-state index is 13.8. The van der Waals surface area contributed by atoms with Gasteiger partial charge < -0.3 is 4.90 Å². The van der Waals surface area contributed by atoms with Gasteiger partial charge in [-0.1, -0.05) is 6.07 Å². The van der Waals surface area contributed by atoms with Crippen molar-refractivity contribution in [3.8, 4) is 0 Å². The van der Waals surface area contributed by atoms with Gasteiger partial charge in [-0.15, -0.1) is 0 Å². The first-order valence-corrected chi connectivity index (χ1v) is 9.88. The summed E-state index contributed by atoms with van der Waals surface area (Å²) >= 11 is 0. The summed E-state index contributed by atoms with van der Waals surface area (Å²) in [5.74, 6) is -1.61. The summed E-state index contributed by atoms with van der Waals surface area (Å²) < 4.78 is 53.6. The number of carbonyl (C=O) groups is 1. The highest BCUT2D eigenvalue weighted by atomic mass is 32.2. The molecule has 0 saturated carbocycles. The summed E-state index contributed by atoms with van der Waals surface area (Å²) in [5, 5.41) is 0. The lowest BCUT2D eigenvalue weighted by molar-refractivity contribution is -0.116. The summed E-state index contributed by atoms with van der Waals surface area (Å²) in [4.78, 5) is 13.5. The predicted molar refractivity (Wildman–Crippen MR) is 97.8 cm³/mol. The van der Waals surface area contributed by atoms with Crippen LogP contribution >= 0.6 is 0 Å². The molecule has 0 fully saturated rings. The maximum absolute atomic E-state index is 13.8. The normalized spacial score (nSPS) is 16.7. The SMILES string of the molecule is CC(=O)N1c2ccc(S(=O)(=O)N(C)Cc3ccc(F)cc3F)cc2CC1C. The van der Waals surface area contributed by atoms with Gasteiger partial charge in [-0.05, 0) is 43.2 Å². The van der Waals surface area contributed by atoms with Gasteiger partial charge in [0.25, 0.3) is 0 Å². The van der Waals surface area contributed by atoms with Gasteiger partial charge in [0.2, 0.25) is 15.9 Å². The van der Waals surface area contributed by atoms with Crippen LogP contribution in [0.5, 0.6) is 0 Å². The smallest absolute Gasteiger partial charge is 0.243 e. The maximum Gasteiger partial charge on any atom is 0.243 e. The Bertz CT molecular complexity index is 1010. The summed E-state index contributed by atoms with van der Waals surface area (Å²) in [6.45, 7) is 3.15. The molecule has 1 aliphatic rings. The molecule has 0 radical (unpaired) electrons. The van der Waals surface area contributed by atoms with Crippen molar-refractivity contribution in [2.24, 2.45) is 0 Å². The molecule has 0 saturated heterocycles. The van der Waals surface area contributed by atoms with Crippen LogP contribution < -0.4 is 4.90 Å². The Labute approximate surface area is 157 Å². The number of halogens is 2. The molecule has 1 heterocycles. The van der Waals surface area contributed by atoms with E-state index in [1.165, 1.54) is 26.1 Å². The van der Waals surface area contributed by atoms with Gasteiger partial charge in [0.15, 0.2) is 0 Å². The zero-order valence-electron chi connectivity index (χ0n) is 15.2. The average molecular weight is 394 g/mol. The van der Waals surface area contributed by atoms with Crippen LogP contribution in [0.25, 0.3) is 0 Å². The number of amides is 1. The van der Waals surface area contributed by atoms with Crippen molar-refractivity contribution in [1.29, 1.82) is 0 Å². The van der Waals surface area contributed by atoms with Crippen LogP contribution in [-0.2, 0) is 27.8 Å². The van der Waals surface area contributed by atoms with Crippen molar-refractivity contribution >= 4 is 21.6 Å². The largest absolute Gasteiger partial charge is 0.309 e. The average Bonchev–Trinajstić information content (AvgIpc) is 2.92. The monoisotopic (exact) mass is 394 g/mol. The lowest BCUT2D eigenvalue weighted by Gasteiger charge is -2.21. The Balaban J connectivity index is 1.89. The number of nitrogens with zero attached hydrogens (tertiary/aromatic N) is 2. The fourth-order valence-electron chi connectivity index (χ4n) is 3.40. The van der Waals surface area contributed by atoms with E-state index >= 15 is 0 Å². The van der Waals surface area contributed by atoms with E-state index in [-0.39, 0.29) is 29.0 Å². The lowest BCUT2D eigenvalue weighted by Crippen LogP contribution is -2.33. The summed E-state index contributed by atoms with van der Waals surface area (Å²) in [6, 6.07) is 7.63. The van der Waals surface area contributed by atoms with Crippen molar-refractivity contribution in [3.63, 3.8) is 0 Å². The molecule has 0 spiro atoms. The second-order valence-corrected chi connectivity index (χ2v) is 8.77. The van der Waals surface area contributed by atoms with Crippen LogP contribution in [0, 0.1) is 11.6 Å². The van der Waals surface area contributed by atoms with Crippen LogP contribution in [0.3, 0.4) is 0 Å². The lowest BCUT2D eigenvalue weighted by atomic mass is 10.1. The number of sulfonamides is 1. The third-order valence-corrected chi connectivity index (χ3v) is 6.52. The second kappa shape index (κ2) is 7.01. The molecule has 2 aromatic carbocycles. The van der Waals surface area contributed by atoms with Crippen molar-refractivity contribution in [1.82, 2.24) is 4.31 Å². The quantitative estimate of drug-likeness (QED) is 0.801. The van der Waals surface area contributed by atoms with Crippen molar-refractivity contribution in [2.45, 2.75) is 37.8 Å². The van der Waals surface area contributed by atoms with Crippen molar-refractivity contribution < 1.29 is 22.0 Å². The first-order valence-electron chi connectivity index (χ1n) is 8.44. The summed E-state index contributed by atoms with van der Waals surface area (Å²) in [7, 11) is -2.53. The molecule has 1 atom stereocenters. The number of fused-ring (bicyclic) bond motifs is 1. The molecular formula is C19H20F2N2O3S. The van der Waals surface area contributed by atoms with E-state index in [9.17, 15) is 22.0 Å². The molecule has 1 aliphatic heterocycles. The Kier molecular flexibility index (Phi) is 5.05. The molecule has 0 N–H and O–H groups in total. The van der Waals surface area contributed by atoms with Crippen LogP contribution in [0.1, 0.15) is 25.0 Å². The Morgan fingerprint density at radius 3 is 2.56 bits per heavy atom. The van der Waals surface area contributed by atoms with Gasteiger partial charge in [-0.25, -0.2) is 17.2 Å². The van der Waals surface area contributed by atoms with Crippen LogP contribution in [-0.4, -0.2) is 31.7 Å². The molecule has 3 rings (SSSR count). The number of benzene rings is 2. The summed E-state index contributed by atoms with van der Waals surface area (Å²) in [5.41, 5.74) is 1.57. The van der Waals surface area contributed by atoms with Gasteiger partial charge in [0.1, 0.15) is 11.6 Å². The fraction of sp³-hybridized carbons (Fsp3) is 0.316. The minimum absolute atomic E-state index is 0.0403. The number of anilines is 1. The third-order valence-electron chi connectivity index (χ3n) is 4.72. The molecule has 144 valence electrons. The minimum atomic E-state index is -3.87. The molecule has 2 aromatic rings. The highest BCUT2D eigenvalue weighted by molar-refractivity contribution is 7.89. The van der Waals surface area contributed by atoms with Gasteiger partial charge in [0.05, 0.1) is 4.90 Å². The van der Waals surface area contributed by atoms with Gasteiger partial charge >= 0.3 is 0 Å². The highest BCUT2D eigenvalue weighted by Gasteiger charge is 2.31. The predicted octanol–water partition coefficient (Wildman–Crippen LogP) is 3.08. The molecule has 27 heavy (non-hydrogen) atoms. The van der Waals surface area contributed by atoms with E-state index in [4.69, 9.17) is 0 Å². The van der Waals surface area contributed by atoms with Crippen molar-refractivity contribution in [2.75, 3.05) is 11.9 Å². The number of hydrogen-bond acceptors (Lipinski definition) is 3. The second-order valence-electron chi connectivity index (χ2n) is 6.73. The van der Waals surface area contributed by atoms with Gasteiger partial charge in [0, 0.05) is 43.9 Å². The molecule has 1 amide bonds. The molecule has 5 nitrogen and oxygen atoms in total. The minimum Gasteiger partial charge on any atom is -0.309 e. The van der Waals surface area contributed by atoms with Crippen LogP contribution in [0.15, 0.2) is 41.3 Å². The van der Waals surface area contributed by atoms with E-state index in [1.54, 1.807) is 17.0 Å². The Hall–Kier alpha value is -2.32. The zero-order chi connectivity index (χ0) is 19.9. The first kappa shape index (κ1) is 19.4. The zero-order valence-corrected chi connectivity index (χ0v) is 16.1. The topological polar surface area (TPSA) is 57.7 Å². The van der Waals surface area contributed by atoms with Gasteiger partial charge in [-0.3, -0.25) is 4.79 Å². The molecule has 0 aromatic heterocycles. The van der Waals surface area contributed by atoms with E-state index in [1.807, 2.05) is 6.92 Å². The number of hydrogen-bond donors (Lipinski definition) is 0. The van der Waals surface area contributed by atoms with Crippen molar-refractivity contribution in [3.05, 3.63) is 59.2 Å². The molecule has 1 unspecified atom stereocenters. The van der Waals surface area contributed by atoms with E-state index in [2.05, 4.69) is 0 Å². The molecule has 8 heteroatoms. The first-order chi connectivity index (χ1) is 12.6. The molecule has 0 bridgehead atoms. The fourth-order valence-corrected chi connectivity index (χ4v) is 4.60. The van der Waals surface area contributed by atoms with E-state index < -0.39 is 21.7 Å². The standard InChI is InChI=1S/C19H20F2N2O3S/c1-12-8-15-9-17(6-7-19(15)23(12)13(2)24)27(25,26)22(3)11-14-4-5-16(20)10-18(14)21/h4-7,9-10,12H,8,11H2,1-3H3. The third kappa shape index (κ3) is 3.59.